The van der Waals surface area contributed by atoms with Gasteiger partial charge in [0.05, 0.1) is 16.6 Å². The van der Waals surface area contributed by atoms with Crippen LogP contribution in [0.1, 0.15) is 23.5 Å². The number of aliphatic carboxylic acids is 1. The van der Waals surface area contributed by atoms with Crippen LogP contribution >= 0.6 is 15.9 Å². The summed E-state index contributed by atoms with van der Waals surface area (Å²) < 4.78 is 32.7. The van der Waals surface area contributed by atoms with E-state index in [-0.39, 0.29) is 22.7 Å². The summed E-state index contributed by atoms with van der Waals surface area (Å²) in [5, 5.41) is 13.6. The smallest absolute Gasteiger partial charge is 0.407 e. The van der Waals surface area contributed by atoms with Gasteiger partial charge in [0.1, 0.15) is 24.3 Å². The molecule has 4 rings (SSSR count). The van der Waals surface area contributed by atoms with E-state index in [1.54, 1.807) is 0 Å². The first kappa shape index (κ1) is 24.3. The Bertz CT molecular complexity index is 1270. The number of amides is 2. The molecule has 0 saturated heterocycles. The summed E-state index contributed by atoms with van der Waals surface area (Å²) in [6, 6.07) is 15.4. The minimum absolute atomic E-state index is 0.0409. The van der Waals surface area contributed by atoms with Crippen LogP contribution in [0.5, 0.6) is 0 Å². The van der Waals surface area contributed by atoms with Crippen molar-refractivity contribution in [3.63, 3.8) is 0 Å². The van der Waals surface area contributed by atoms with E-state index in [1.807, 2.05) is 48.5 Å². The topological polar surface area (TPSA) is 105 Å². The van der Waals surface area contributed by atoms with Gasteiger partial charge in [-0.05, 0) is 44.3 Å². The highest BCUT2D eigenvalue weighted by atomic mass is 79.9. The van der Waals surface area contributed by atoms with Crippen molar-refractivity contribution in [3.8, 4) is 11.1 Å². The van der Waals surface area contributed by atoms with E-state index in [0.717, 1.165) is 28.3 Å². The van der Waals surface area contributed by atoms with Gasteiger partial charge in [0.25, 0.3) is 0 Å². The van der Waals surface area contributed by atoms with Crippen molar-refractivity contribution in [2.24, 2.45) is 0 Å². The lowest BCUT2D eigenvalue weighted by Gasteiger charge is -2.19. The van der Waals surface area contributed by atoms with Crippen molar-refractivity contribution in [3.05, 3.63) is 87.9 Å². The molecule has 0 aliphatic heterocycles. The Hall–Kier alpha value is -3.79. The number of nitrogens with one attached hydrogen (secondary N) is 2. The lowest BCUT2D eigenvalue weighted by molar-refractivity contribution is -0.139. The number of carbonyl (C=O) groups is 3. The van der Waals surface area contributed by atoms with E-state index in [4.69, 9.17) is 9.84 Å². The van der Waals surface area contributed by atoms with Gasteiger partial charge in [-0.3, -0.25) is 9.59 Å². The van der Waals surface area contributed by atoms with Gasteiger partial charge < -0.3 is 20.5 Å². The number of benzene rings is 3. The molecule has 0 radical (unpaired) electrons. The molecule has 3 N–H and O–H groups in total. The van der Waals surface area contributed by atoms with Crippen LogP contribution in [0.15, 0.2) is 65.1 Å². The molecule has 1 unspecified atom stereocenters. The minimum Gasteiger partial charge on any atom is -0.481 e. The molecule has 1 aliphatic carbocycles. The first-order valence-electron chi connectivity index (χ1n) is 10.5. The minimum atomic E-state index is -1.56. The number of hydrogen-bond donors (Lipinski definition) is 3. The number of fused-ring (bicyclic) bond motifs is 3. The Morgan fingerprint density at radius 2 is 1.57 bits per heavy atom. The number of carbonyl (C=O) groups excluding carboxylic acids is 2. The van der Waals surface area contributed by atoms with Crippen LogP contribution in [0, 0.1) is 11.6 Å². The van der Waals surface area contributed by atoms with Crippen LogP contribution in [-0.4, -0.2) is 35.7 Å². The Balaban J connectivity index is 1.45. The van der Waals surface area contributed by atoms with Crippen LogP contribution in [-0.2, 0) is 14.3 Å². The van der Waals surface area contributed by atoms with Crippen LogP contribution in [0.25, 0.3) is 11.1 Å². The van der Waals surface area contributed by atoms with Gasteiger partial charge in [-0.25, -0.2) is 13.6 Å². The van der Waals surface area contributed by atoms with Crippen molar-refractivity contribution in [2.75, 3.05) is 11.9 Å². The summed E-state index contributed by atoms with van der Waals surface area (Å²) in [7, 11) is 0. The molecular weight excluding hydrogens is 526 g/mol. The van der Waals surface area contributed by atoms with Gasteiger partial charge in [-0.15, -0.1) is 0 Å². The predicted octanol–water partition coefficient (Wildman–Crippen LogP) is 5.05. The van der Waals surface area contributed by atoms with Crippen molar-refractivity contribution < 1.29 is 33.0 Å². The van der Waals surface area contributed by atoms with Crippen molar-refractivity contribution in [2.45, 2.75) is 18.4 Å². The first-order valence-corrected chi connectivity index (χ1v) is 11.3. The first-order chi connectivity index (χ1) is 16.7. The Kier molecular flexibility index (Phi) is 7.11. The van der Waals surface area contributed by atoms with Crippen molar-refractivity contribution in [1.82, 2.24) is 5.32 Å². The molecule has 1 aliphatic rings. The summed E-state index contributed by atoms with van der Waals surface area (Å²) in [5.41, 5.74) is 3.66. The number of hydrogen-bond acceptors (Lipinski definition) is 4. The average molecular weight is 545 g/mol. The molecule has 2 amide bonds. The highest BCUT2D eigenvalue weighted by Gasteiger charge is 2.30. The summed E-state index contributed by atoms with van der Waals surface area (Å²) in [6.45, 7) is -0.0409. The van der Waals surface area contributed by atoms with Crippen LogP contribution in [0.3, 0.4) is 0 Å². The third-order valence-corrected chi connectivity index (χ3v) is 6.21. The summed E-state index contributed by atoms with van der Waals surface area (Å²) in [4.78, 5) is 36.4. The number of rotatable bonds is 7. The fourth-order valence-corrected chi connectivity index (χ4v) is 4.35. The van der Waals surface area contributed by atoms with E-state index in [1.165, 1.54) is 0 Å². The lowest BCUT2D eigenvalue weighted by atomic mass is 9.98. The second-order valence-corrected chi connectivity index (χ2v) is 8.71. The Morgan fingerprint density at radius 1 is 0.971 bits per heavy atom. The Labute approximate surface area is 207 Å². The maximum Gasteiger partial charge on any atom is 0.407 e. The van der Waals surface area contributed by atoms with E-state index >= 15 is 0 Å². The molecule has 0 heterocycles. The van der Waals surface area contributed by atoms with Crippen molar-refractivity contribution in [1.29, 1.82) is 0 Å². The average Bonchev–Trinajstić information content (AvgIpc) is 3.14. The summed E-state index contributed by atoms with van der Waals surface area (Å²) >= 11 is 2.89. The lowest BCUT2D eigenvalue weighted by Crippen LogP contribution is -2.45. The van der Waals surface area contributed by atoms with Gasteiger partial charge in [-0.1, -0.05) is 48.5 Å². The highest BCUT2D eigenvalue weighted by molar-refractivity contribution is 9.10. The predicted molar refractivity (Wildman–Crippen MR) is 127 cm³/mol. The number of anilines is 1. The standard InChI is InChI=1S/C25H19BrF2N2O5/c26-18-9-21(20(28)10-19(18)27)29-24(33)22(11-23(31)32)30-25(34)35-12-17-15-7-3-1-5-13(15)14-6-2-4-8-16(14)17/h1-10,17,22H,11-12H2,(H,29,33)(H,30,34)(H,31,32). The molecule has 10 heteroatoms. The van der Waals surface area contributed by atoms with Gasteiger partial charge in [0, 0.05) is 12.0 Å². The number of ether oxygens (including phenoxy) is 1. The summed E-state index contributed by atoms with van der Waals surface area (Å²) in [6.07, 6.45) is -1.78. The zero-order chi connectivity index (χ0) is 25.1. The fraction of sp³-hybridized carbons (Fsp3) is 0.160. The highest BCUT2D eigenvalue weighted by Crippen LogP contribution is 2.44. The number of carboxylic acid groups (broad SMARTS) is 1. The molecule has 7 nitrogen and oxygen atoms in total. The molecule has 0 bridgehead atoms. The normalized spacial score (nSPS) is 12.9. The molecule has 3 aromatic rings. The monoisotopic (exact) mass is 544 g/mol. The zero-order valence-corrected chi connectivity index (χ0v) is 19.6. The van der Waals surface area contributed by atoms with Gasteiger partial charge in [-0.2, -0.15) is 0 Å². The van der Waals surface area contributed by atoms with Gasteiger partial charge >= 0.3 is 12.1 Å². The molecular formula is C25H19BrF2N2O5. The van der Waals surface area contributed by atoms with Crippen LogP contribution in [0.2, 0.25) is 0 Å². The maximum absolute atomic E-state index is 14.0. The van der Waals surface area contributed by atoms with Crippen LogP contribution < -0.4 is 10.6 Å². The molecule has 1 atom stereocenters. The Morgan fingerprint density at radius 3 is 2.17 bits per heavy atom. The van der Waals surface area contributed by atoms with E-state index in [9.17, 15) is 23.2 Å². The number of alkyl carbamates (subject to hydrolysis) is 1. The zero-order valence-electron chi connectivity index (χ0n) is 18.1. The third kappa shape index (κ3) is 5.32. The SMILES string of the molecule is O=C(O)CC(NC(=O)OCC1c2ccccc2-c2ccccc21)C(=O)Nc1cc(Br)c(F)cc1F. The molecule has 0 spiro atoms. The number of carboxylic acids is 1. The molecule has 0 aromatic heterocycles. The third-order valence-electron chi connectivity index (χ3n) is 5.60. The summed E-state index contributed by atoms with van der Waals surface area (Å²) in [5.74, 6) is -4.54. The largest absolute Gasteiger partial charge is 0.481 e. The van der Waals surface area contributed by atoms with Crippen molar-refractivity contribution >= 4 is 39.6 Å². The molecule has 0 fully saturated rings. The molecule has 180 valence electrons. The fourth-order valence-electron chi connectivity index (χ4n) is 4.00. The maximum atomic E-state index is 14.0. The molecule has 0 saturated carbocycles. The molecule has 35 heavy (non-hydrogen) atoms. The number of halogens is 3. The van der Waals surface area contributed by atoms with Gasteiger partial charge in [0.15, 0.2) is 0 Å². The van der Waals surface area contributed by atoms with Crippen LogP contribution in [0.4, 0.5) is 19.3 Å². The van der Waals surface area contributed by atoms with E-state index in [2.05, 4.69) is 26.6 Å². The van der Waals surface area contributed by atoms with E-state index < -0.39 is 42.1 Å². The van der Waals surface area contributed by atoms with E-state index in [0.29, 0.717) is 6.07 Å². The molecule has 3 aromatic carbocycles. The van der Waals surface area contributed by atoms with Gasteiger partial charge in [0.2, 0.25) is 5.91 Å². The quantitative estimate of drug-likeness (QED) is 0.361. The second-order valence-electron chi connectivity index (χ2n) is 7.86. The second kappa shape index (κ2) is 10.2.